The Morgan fingerprint density at radius 1 is 1.07 bits per heavy atom. The van der Waals surface area contributed by atoms with E-state index in [1.165, 1.54) is 23.4 Å². The molecule has 2 aliphatic heterocycles. The van der Waals surface area contributed by atoms with Crippen LogP contribution in [0.2, 0.25) is 0 Å². The highest BCUT2D eigenvalue weighted by atomic mass is 16.5. The second-order valence-electron chi connectivity index (χ2n) is 7.96. The van der Waals surface area contributed by atoms with Crippen LogP contribution < -0.4 is 15.1 Å². The van der Waals surface area contributed by atoms with Crippen LogP contribution >= 0.6 is 0 Å². The normalized spacial score (nSPS) is 20.2. The average Bonchev–Trinajstić information content (AvgIpc) is 3.21. The predicted molar refractivity (Wildman–Crippen MR) is 116 cm³/mol. The minimum absolute atomic E-state index is 0.383. The van der Waals surface area contributed by atoms with Gasteiger partial charge in [0.25, 0.3) is 0 Å². The van der Waals surface area contributed by atoms with Gasteiger partial charge in [0.05, 0.1) is 18.9 Å². The minimum atomic E-state index is 0.383. The van der Waals surface area contributed by atoms with Crippen LogP contribution in [0.4, 0.5) is 17.2 Å². The number of morpholine rings is 1. The molecule has 0 amide bonds. The summed E-state index contributed by atoms with van der Waals surface area (Å²) in [5, 5.41) is 3.68. The highest BCUT2D eigenvalue weighted by Crippen LogP contribution is 2.26. The molecule has 3 aromatic heterocycles. The summed E-state index contributed by atoms with van der Waals surface area (Å²) in [7, 11) is 0. The molecule has 0 aromatic carbocycles. The first-order valence-corrected chi connectivity index (χ1v) is 10.5. The van der Waals surface area contributed by atoms with E-state index < -0.39 is 0 Å². The van der Waals surface area contributed by atoms with E-state index >= 15 is 0 Å². The van der Waals surface area contributed by atoms with Crippen LogP contribution in [-0.2, 0) is 4.74 Å². The zero-order valence-corrected chi connectivity index (χ0v) is 16.9. The zero-order valence-electron chi connectivity index (χ0n) is 16.9. The number of nitrogens with zero attached hydrogens (tertiary/aromatic N) is 5. The van der Waals surface area contributed by atoms with Crippen molar-refractivity contribution in [3.05, 3.63) is 48.5 Å². The Balaban J connectivity index is 1.30. The summed E-state index contributed by atoms with van der Waals surface area (Å²) in [6.45, 7) is 7.71. The third-order valence-corrected chi connectivity index (χ3v) is 5.94. The first-order valence-electron chi connectivity index (χ1n) is 10.5. The molecule has 7 heteroatoms. The van der Waals surface area contributed by atoms with Crippen molar-refractivity contribution in [2.45, 2.75) is 25.8 Å². The van der Waals surface area contributed by atoms with Crippen molar-refractivity contribution >= 4 is 22.8 Å². The van der Waals surface area contributed by atoms with E-state index in [4.69, 9.17) is 4.74 Å². The number of piperidine rings is 1. The Hall–Kier alpha value is -2.80. The summed E-state index contributed by atoms with van der Waals surface area (Å²) in [6, 6.07) is 6.81. The van der Waals surface area contributed by atoms with Gasteiger partial charge in [-0.15, -0.1) is 0 Å². The van der Waals surface area contributed by atoms with E-state index in [-0.39, 0.29) is 0 Å². The summed E-state index contributed by atoms with van der Waals surface area (Å²) in [5.74, 6) is 0.961. The molecule has 152 valence electrons. The molecule has 2 aliphatic rings. The van der Waals surface area contributed by atoms with Gasteiger partial charge in [-0.2, -0.15) is 0 Å². The third kappa shape index (κ3) is 3.87. The van der Waals surface area contributed by atoms with Crippen molar-refractivity contribution in [3.8, 4) is 0 Å². The molecule has 0 unspecified atom stereocenters. The van der Waals surface area contributed by atoms with E-state index in [0.29, 0.717) is 6.04 Å². The van der Waals surface area contributed by atoms with Gasteiger partial charge in [-0.05, 0) is 37.5 Å². The molecular formula is C22H28N6O. The Morgan fingerprint density at radius 3 is 2.86 bits per heavy atom. The summed E-state index contributed by atoms with van der Waals surface area (Å²) >= 11 is 0. The molecule has 1 N–H and O–H groups in total. The molecule has 1 atom stereocenters. The van der Waals surface area contributed by atoms with Crippen molar-refractivity contribution in [3.63, 3.8) is 0 Å². The number of imidazole rings is 1. The predicted octanol–water partition coefficient (Wildman–Crippen LogP) is 2.96. The SMILES string of the molecule is Cc1cc2nccn2cc1N1CCC[C@@H](Nc2cc(N3CCOCC3)ccn2)C1. The van der Waals surface area contributed by atoms with Gasteiger partial charge in [0.2, 0.25) is 0 Å². The van der Waals surface area contributed by atoms with Crippen LogP contribution in [0.1, 0.15) is 18.4 Å². The number of nitrogens with one attached hydrogen (secondary N) is 1. The number of rotatable bonds is 4. The number of hydrogen-bond donors (Lipinski definition) is 1. The molecule has 7 nitrogen and oxygen atoms in total. The maximum atomic E-state index is 5.47. The molecule has 2 fully saturated rings. The Labute approximate surface area is 171 Å². The Morgan fingerprint density at radius 2 is 1.97 bits per heavy atom. The molecule has 5 rings (SSSR count). The van der Waals surface area contributed by atoms with E-state index in [1.54, 1.807) is 0 Å². The maximum Gasteiger partial charge on any atom is 0.137 e. The second-order valence-corrected chi connectivity index (χ2v) is 7.96. The first-order chi connectivity index (χ1) is 14.3. The number of aryl methyl sites for hydroxylation is 1. The van der Waals surface area contributed by atoms with Gasteiger partial charge >= 0.3 is 0 Å². The quantitative estimate of drug-likeness (QED) is 0.737. The fourth-order valence-electron chi connectivity index (χ4n) is 4.42. The number of ether oxygens (including phenoxy) is 1. The molecular weight excluding hydrogens is 364 g/mol. The van der Waals surface area contributed by atoms with Crippen LogP contribution in [0, 0.1) is 6.92 Å². The molecule has 0 bridgehead atoms. The van der Waals surface area contributed by atoms with Gasteiger partial charge in [0.15, 0.2) is 0 Å². The fraction of sp³-hybridized carbons (Fsp3) is 0.455. The molecule has 3 aromatic rings. The number of pyridine rings is 2. The van der Waals surface area contributed by atoms with Crippen LogP contribution in [0.5, 0.6) is 0 Å². The monoisotopic (exact) mass is 392 g/mol. The summed E-state index contributed by atoms with van der Waals surface area (Å²) < 4.78 is 7.58. The maximum absolute atomic E-state index is 5.47. The van der Waals surface area contributed by atoms with E-state index in [0.717, 1.165) is 57.3 Å². The number of fused-ring (bicyclic) bond motifs is 1. The standard InChI is InChI=1S/C22H28N6O/c1-17-13-22-24-6-8-28(22)16-20(17)27-7-2-3-18(15-27)25-21-14-19(4-5-23-21)26-9-11-29-12-10-26/h4-6,8,13-14,16,18H,2-3,7,9-12,15H2,1H3,(H,23,25)/t18-/m1/s1. The summed E-state index contributed by atoms with van der Waals surface area (Å²) in [6.07, 6.45) is 10.3. The van der Waals surface area contributed by atoms with Gasteiger partial charge in [0.1, 0.15) is 11.5 Å². The van der Waals surface area contributed by atoms with Gasteiger partial charge in [-0.25, -0.2) is 9.97 Å². The average molecular weight is 393 g/mol. The van der Waals surface area contributed by atoms with Gasteiger partial charge in [0, 0.05) is 68.8 Å². The summed E-state index contributed by atoms with van der Waals surface area (Å²) in [5.41, 5.74) is 4.79. The highest BCUT2D eigenvalue weighted by molar-refractivity contribution is 5.59. The lowest BCUT2D eigenvalue weighted by Gasteiger charge is -2.36. The highest BCUT2D eigenvalue weighted by Gasteiger charge is 2.22. The van der Waals surface area contributed by atoms with Crippen molar-refractivity contribution in [1.82, 2.24) is 14.4 Å². The smallest absolute Gasteiger partial charge is 0.137 e. The number of aromatic nitrogens is 3. The molecule has 0 aliphatic carbocycles. The lowest BCUT2D eigenvalue weighted by Crippen LogP contribution is -2.42. The fourth-order valence-corrected chi connectivity index (χ4v) is 4.42. The van der Waals surface area contributed by atoms with Crippen LogP contribution in [0.3, 0.4) is 0 Å². The van der Waals surface area contributed by atoms with Crippen molar-refractivity contribution in [1.29, 1.82) is 0 Å². The molecule has 29 heavy (non-hydrogen) atoms. The van der Waals surface area contributed by atoms with Gasteiger partial charge in [-0.1, -0.05) is 0 Å². The lowest BCUT2D eigenvalue weighted by atomic mass is 10.0. The minimum Gasteiger partial charge on any atom is -0.378 e. The van der Waals surface area contributed by atoms with E-state index in [1.807, 2.05) is 18.6 Å². The third-order valence-electron chi connectivity index (χ3n) is 5.94. The molecule has 0 spiro atoms. The zero-order chi connectivity index (χ0) is 19.6. The lowest BCUT2D eigenvalue weighted by molar-refractivity contribution is 0.122. The van der Waals surface area contributed by atoms with Crippen LogP contribution in [0.15, 0.2) is 43.0 Å². The number of anilines is 3. The van der Waals surface area contributed by atoms with Crippen molar-refractivity contribution in [2.24, 2.45) is 0 Å². The van der Waals surface area contributed by atoms with E-state index in [2.05, 4.69) is 60.8 Å². The molecule has 0 radical (unpaired) electrons. The van der Waals surface area contributed by atoms with Crippen molar-refractivity contribution < 1.29 is 4.74 Å². The second kappa shape index (κ2) is 7.91. The Kier molecular flexibility index (Phi) is 4.97. The van der Waals surface area contributed by atoms with Gasteiger partial charge in [-0.3, -0.25) is 0 Å². The largest absolute Gasteiger partial charge is 0.378 e. The topological polar surface area (TPSA) is 57.9 Å². The molecule has 2 saturated heterocycles. The summed E-state index contributed by atoms with van der Waals surface area (Å²) in [4.78, 5) is 13.8. The Bertz CT molecular complexity index is 980. The van der Waals surface area contributed by atoms with Gasteiger partial charge < -0.3 is 24.3 Å². The number of hydrogen-bond acceptors (Lipinski definition) is 6. The molecule has 0 saturated carbocycles. The molecule has 5 heterocycles. The first kappa shape index (κ1) is 18.2. The van der Waals surface area contributed by atoms with E-state index in [9.17, 15) is 0 Å². The van der Waals surface area contributed by atoms with Crippen LogP contribution in [0.25, 0.3) is 5.65 Å². The van der Waals surface area contributed by atoms with Crippen molar-refractivity contribution in [2.75, 3.05) is 54.5 Å². The van der Waals surface area contributed by atoms with Crippen LogP contribution in [-0.4, -0.2) is 59.8 Å².